The molecule has 0 saturated heterocycles. The molecule has 0 aromatic carbocycles. The van der Waals surface area contributed by atoms with Gasteiger partial charge in [-0.3, -0.25) is 4.79 Å². The zero-order chi connectivity index (χ0) is 12.5. The Balaban J connectivity index is 1.94. The minimum atomic E-state index is -0.0850. The first-order chi connectivity index (χ1) is 8.03. The van der Waals surface area contributed by atoms with Crippen molar-refractivity contribution in [2.45, 2.75) is 26.7 Å². The fourth-order valence-electron chi connectivity index (χ4n) is 2.00. The molecule has 1 N–H and O–H groups in total. The normalized spacial score (nSPS) is 16.9. The van der Waals surface area contributed by atoms with Crippen LogP contribution in [0, 0.1) is 11.3 Å². The topological polar surface area (TPSA) is 42.0 Å². The molecule has 0 bridgehead atoms. The molecule has 1 aliphatic carbocycles. The van der Waals surface area contributed by atoms with Crippen LogP contribution in [0.4, 0.5) is 0 Å². The summed E-state index contributed by atoms with van der Waals surface area (Å²) in [6.45, 7) is 5.20. The van der Waals surface area contributed by atoms with E-state index in [0.29, 0.717) is 21.6 Å². The van der Waals surface area contributed by atoms with Crippen molar-refractivity contribution < 1.29 is 4.79 Å². The summed E-state index contributed by atoms with van der Waals surface area (Å²) in [5.74, 6) is 0.538. The van der Waals surface area contributed by atoms with Gasteiger partial charge >= 0.3 is 0 Å². The lowest BCUT2D eigenvalue weighted by atomic mass is 9.92. The van der Waals surface area contributed by atoms with Crippen LogP contribution in [-0.2, 0) is 0 Å². The predicted molar refractivity (Wildman–Crippen MR) is 70.8 cm³/mol. The number of carbonyl (C=O) groups excluding carboxylic acids is 1. The molecule has 4 heteroatoms. The van der Waals surface area contributed by atoms with Crippen molar-refractivity contribution in [2.75, 3.05) is 6.54 Å². The summed E-state index contributed by atoms with van der Waals surface area (Å²) in [5.41, 5.74) is 0.806. The van der Waals surface area contributed by atoms with Gasteiger partial charge in [-0.15, -0.1) is 0 Å². The molecule has 1 aliphatic rings. The molecule has 2 rings (SSSR count). The van der Waals surface area contributed by atoms with Crippen LogP contribution in [0.15, 0.2) is 22.8 Å². The van der Waals surface area contributed by atoms with Gasteiger partial charge in [-0.05, 0) is 52.2 Å². The molecule has 0 aliphatic heterocycles. The predicted octanol–water partition coefficient (Wildman–Crippen LogP) is 3.01. The Hall–Kier alpha value is -0.900. The number of hydrogen-bond donors (Lipinski definition) is 1. The number of pyridine rings is 1. The average molecular weight is 297 g/mol. The molecule has 17 heavy (non-hydrogen) atoms. The Bertz CT molecular complexity index is 427. The van der Waals surface area contributed by atoms with Crippen molar-refractivity contribution in [3.63, 3.8) is 0 Å². The summed E-state index contributed by atoms with van der Waals surface area (Å²) in [4.78, 5) is 16.0. The smallest absolute Gasteiger partial charge is 0.269 e. The third-order valence-corrected chi connectivity index (χ3v) is 4.11. The van der Waals surface area contributed by atoms with Gasteiger partial charge in [0, 0.05) is 6.54 Å². The van der Waals surface area contributed by atoms with Crippen molar-refractivity contribution in [2.24, 2.45) is 11.3 Å². The van der Waals surface area contributed by atoms with Crippen molar-refractivity contribution >= 4 is 21.8 Å². The quantitative estimate of drug-likeness (QED) is 0.868. The molecule has 1 aromatic rings. The van der Waals surface area contributed by atoms with E-state index in [2.05, 4.69) is 40.1 Å². The number of carbonyl (C=O) groups is 1. The summed E-state index contributed by atoms with van der Waals surface area (Å²) in [6.07, 6.45) is 2.44. The monoisotopic (exact) mass is 296 g/mol. The van der Waals surface area contributed by atoms with E-state index in [1.54, 1.807) is 6.07 Å². The van der Waals surface area contributed by atoms with E-state index in [-0.39, 0.29) is 5.91 Å². The zero-order valence-electron chi connectivity index (χ0n) is 10.2. The van der Waals surface area contributed by atoms with Gasteiger partial charge in [0.25, 0.3) is 5.91 Å². The molecule has 0 unspecified atom stereocenters. The molecule has 0 radical (unpaired) electrons. The van der Waals surface area contributed by atoms with Crippen LogP contribution in [-0.4, -0.2) is 17.4 Å². The van der Waals surface area contributed by atoms with Crippen molar-refractivity contribution in [1.29, 1.82) is 0 Å². The van der Waals surface area contributed by atoms with Gasteiger partial charge in [0.1, 0.15) is 10.3 Å². The van der Waals surface area contributed by atoms with Gasteiger partial charge in [-0.25, -0.2) is 4.98 Å². The second-order valence-corrected chi connectivity index (χ2v) is 5.86. The van der Waals surface area contributed by atoms with Crippen LogP contribution in [0.3, 0.4) is 0 Å². The number of hydrogen-bond acceptors (Lipinski definition) is 2. The van der Waals surface area contributed by atoms with Crippen LogP contribution >= 0.6 is 15.9 Å². The minimum Gasteiger partial charge on any atom is -0.350 e. The first-order valence-electron chi connectivity index (χ1n) is 5.94. The number of nitrogens with one attached hydrogen (secondary N) is 1. The lowest BCUT2D eigenvalue weighted by Crippen LogP contribution is -2.33. The number of nitrogens with zero attached hydrogens (tertiary/aromatic N) is 1. The Morgan fingerprint density at radius 3 is 2.76 bits per heavy atom. The average Bonchev–Trinajstić information content (AvgIpc) is 3.07. The van der Waals surface area contributed by atoms with E-state index < -0.39 is 0 Å². The molecule has 1 saturated carbocycles. The molecule has 3 nitrogen and oxygen atoms in total. The Labute approximate surface area is 110 Å². The van der Waals surface area contributed by atoms with E-state index in [9.17, 15) is 4.79 Å². The van der Waals surface area contributed by atoms with E-state index in [0.717, 1.165) is 6.54 Å². The maximum absolute atomic E-state index is 11.9. The SMILES string of the molecule is CC(C)C1(CNC(=O)c2cccc(Br)n2)CC1. The Morgan fingerprint density at radius 1 is 1.53 bits per heavy atom. The van der Waals surface area contributed by atoms with Crippen LogP contribution in [0.2, 0.25) is 0 Å². The van der Waals surface area contributed by atoms with Gasteiger partial charge in [0.2, 0.25) is 0 Å². The molecule has 1 heterocycles. The van der Waals surface area contributed by atoms with Crippen molar-refractivity contribution in [3.05, 3.63) is 28.5 Å². The summed E-state index contributed by atoms with van der Waals surface area (Å²) in [6, 6.07) is 5.36. The largest absolute Gasteiger partial charge is 0.350 e. The first kappa shape index (κ1) is 12.6. The maximum Gasteiger partial charge on any atom is 0.269 e. The van der Waals surface area contributed by atoms with Crippen molar-refractivity contribution in [1.82, 2.24) is 10.3 Å². The van der Waals surface area contributed by atoms with Gasteiger partial charge in [-0.2, -0.15) is 0 Å². The Morgan fingerprint density at radius 2 is 2.24 bits per heavy atom. The minimum absolute atomic E-state index is 0.0850. The highest BCUT2D eigenvalue weighted by molar-refractivity contribution is 9.10. The van der Waals surface area contributed by atoms with Crippen LogP contribution in [0.1, 0.15) is 37.2 Å². The summed E-state index contributed by atoms with van der Waals surface area (Å²) < 4.78 is 0.690. The summed E-state index contributed by atoms with van der Waals surface area (Å²) in [5, 5.41) is 2.99. The molecular formula is C13H17BrN2O. The lowest BCUT2D eigenvalue weighted by Gasteiger charge is -2.19. The Kier molecular flexibility index (Phi) is 3.52. The third kappa shape index (κ3) is 2.86. The highest BCUT2D eigenvalue weighted by atomic mass is 79.9. The zero-order valence-corrected chi connectivity index (χ0v) is 11.8. The van der Waals surface area contributed by atoms with Gasteiger partial charge in [0.05, 0.1) is 0 Å². The summed E-state index contributed by atoms with van der Waals surface area (Å²) in [7, 11) is 0. The third-order valence-electron chi connectivity index (χ3n) is 3.67. The molecule has 0 atom stereocenters. The fourth-order valence-corrected chi connectivity index (χ4v) is 2.34. The number of rotatable bonds is 4. The molecule has 1 fully saturated rings. The fraction of sp³-hybridized carbons (Fsp3) is 0.538. The van der Waals surface area contributed by atoms with Gasteiger partial charge in [-0.1, -0.05) is 19.9 Å². The van der Waals surface area contributed by atoms with E-state index in [1.165, 1.54) is 12.8 Å². The lowest BCUT2D eigenvalue weighted by molar-refractivity contribution is 0.0934. The second kappa shape index (κ2) is 4.77. The molecule has 1 amide bonds. The van der Waals surface area contributed by atoms with Crippen LogP contribution in [0.5, 0.6) is 0 Å². The van der Waals surface area contributed by atoms with Crippen molar-refractivity contribution in [3.8, 4) is 0 Å². The number of amides is 1. The number of aromatic nitrogens is 1. The molecule has 1 aromatic heterocycles. The highest BCUT2D eigenvalue weighted by Gasteiger charge is 2.45. The standard InChI is InChI=1S/C13H17BrN2O/c1-9(2)13(6-7-13)8-15-12(17)10-4-3-5-11(14)16-10/h3-5,9H,6-8H2,1-2H3,(H,15,17). The van der Waals surface area contributed by atoms with Crippen LogP contribution < -0.4 is 5.32 Å². The highest BCUT2D eigenvalue weighted by Crippen LogP contribution is 2.51. The second-order valence-electron chi connectivity index (χ2n) is 5.05. The van der Waals surface area contributed by atoms with Crippen LogP contribution in [0.25, 0.3) is 0 Å². The first-order valence-corrected chi connectivity index (χ1v) is 6.73. The van der Waals surface area contributed by atoms with E-state index in [4.69, 9.17) is 0 Å². The molecule has 0 spiro atoms. The van der Waals surface area contributed by atoms with Gasteiger partial charge < -0.3 is 5.32 Å². The molecular weight excluding hydrogens is 280 g/mol. The number of halogens is 1. The van der Waals surface area contributed by atoms with Gasteiger partial charge in [0.15, 0.2) is 0 Å². The van der Waals surface area contributed by atoms with E-state index in [1.807, 2.05) is 12.1 Å². The van der Waals surface area contributed by atoms with E-state index >= 15 is 0 Å². The maximum atomic E-state index is 11.9. The molecule has 92 valence electrons. The summed E-state index contributed by atoms with van der Waals surface area (Å²) >= 11 is 3.27.